The molecule has 2 aromatic rings. The summed E-state index contributed by atoms with van der Waals surface area (Å²) in [5.41, 5.74) is 0.521. The molecule has 6 heteroatoms. The van der Waals surface area contributed by atoms with Gasteiger partial charge in [-0.15, -0.1) is 0 Å². The Balaban J connectivity index is 2.54. The van der Waals surface area contributed by atoms with Crippen molar-refractivity contribution in [1.29, 1.82) is 0 Å². The fourth-order valence-electron chi connectivity index (χ4n) is 1.20. The summed E-state index contributed by atoms with van der Waals surface area (Å²) in [6.07, 6.45) is 0. The third kappa shape index (κ3) is 1.94. The minimum atomic E-state index is -2.75. The van der Waals surface area contributed by atoms with Crippen molar-refractivity contribution in [2.45, 2.75) is 0 Å². The van der Waals surface area contributed by atoms with Gasteiger partial charge in [-0.25, -0.2) is 0 Å². The predicted octanol–water partition coefficient (Wildman–Crippen LogP) is 1.64. The molecule has 0 fully saturated rings. The molecule has 0 atom stereocenters. The zero-order valence-electron chi connectivity index (χ0n) is 7.38. The van der Waals surface area contributed by atoms with Crippen LogP contribution in [-0.2, 0) is 10.5 Å². The molecule has 0 N–H and O–H groups in total. The first-order chi connectivity index (χ1) is 7.16. The van der Waals surface area contributed by atoms with E-state index < -0.39 is 16.4 Å². The summed E-state index contributed by atoms with van der Waals surface area (Å²) in [7, 11) is -2.75. The average molecular weight is 223 g/mol. The molecule has 1 aromatic heterocycles. The number of amides is 1. The number of furan rings is 1. The predicted molar refractivity (Wildman–Crippen MR) is 51.9 cm³/mol. The normalized spacial score (nSPS) is 10.1. The van der Waals surface area contributed by atoms with Crippen LogP contribution >= 0.6 is 0 Å². The van der Waals surface area contributed by atoms with Crippen molar-refractivity contribution in [3.8, 4) is 0 Å². The number of carbonyl (C=O) groups excluding carboxylic acids is 1. The zero-order chi connectivity index (χ0) is 10.8. The Labute approximate surface area is 86.0 Å². The second-order valence-electron chi connectivity index (χ2n) is 2.76. The highest BCUT2D eigenvalue weighted by Crippen LogP contribution is 2.19. The lowest BCUT2D eigenvalue weighted by molar-refractivity contribution is 0.0981. The summed E-state index contributed by atoms with van der Waals surface area (Å²) in [4.78, 5) is 11.2. The van der Waals surface area contributed by atoms with Crippen molar-refractivity contribution in [2.24, 2.45) is 4.36 Å². The molecule has 0 aliphatic rings. The molecule has 1 aromatic carbocycles. The maximum Gasteiger partial charge on any atom is 0.327 e. The van der Waals surface area contributed by atoms with Crippen LogP contribution in [0.5, 0.6) is 0 Å². The van der Waals surface area contributed by atoms with Gasteiger partial charge in [-0.3, -0.25) is 4.79 Å². The highest BCUT2D eigenvalue weighted by molar-refractivity contribution is 7.62. The first kappa shape index (κ1) is 9.60. The highest BCUT2D eigenvalue weighted by atomic mass is 32.2. The molecule has 0 bridgehead atoms. The van der Waals surface area contributed by atoms with Gasteiger partial charge in [0.1, 0.15) is 5.58 Å². The van der Waals surface area contributed by atoms with Gasteiger partial charge in [-0.2, -0.15) is 8.42 Å². The smallest absolute Gasteiger partial charge is 0.327 e. The van der Waals surface area contributed by atoms with Crippen LogP contribution in [-0.4, -0.2) is 14.3 Å². The number of hydrogen-bond acceptors (Lipinski definition) is 4. The topological polar surface area (TPSA) is 76.7 Å². The molecule has 0 unspecified atom stereocenters. The van der Waals surface area contributed by atoms with Crippen molar-refractivity contribution in [3.05, 3.63) is 36.1 Å². The number of carbonyl (C=O) groups is 1. The van der Waals surface area contributed by atoms with Gasteiger partial charge in [0.05, 0.1) is 0 Å². The molecule has 0 saturated heterocycles. The number of fused-ring (bicyclic) bond motifs is 1. The summed E-state index contributed by atoms with van der Waals surface area (Å²) in [6.45, 7) is 0. The molecule has 2 rings (SSSR count). The third-order valence-corrected chi connectivity index (χ3v) is 2.11. The second kappa shape index (κ2) is 3.66. The maximum absolute atomic E-state index is 11.2. The number of hydrogen-bond donors (Lipinski definition) is 0. The van der Waals surface area contributed by atoms with E-state index in [9.17, 15) is 13.2 Å². The van der Waals surface area contributed by atoms with Crippen LogP contribution in [0.25, 0.3) is 11.0 Å². The van der Waals surface area contributed by atoms with E-state index in [2.05, 4.69) is 4.36 Å². The summed E-state index contributed by atoms with van der Waals surface area (Å²) >= 11 is 0. The van der Waals surface area contributed by atoms with Crippen LogP contribution in [0.2, 0.25) is 0 Å². The van der Waals surface area contributed by atoms with E-state index in [1.54, 1.807) is 24.3 Å². The summed E-state index contributed by atoms with van der Waals surface area (Å²) in [5.74, 6) is -0.986. The molecule has 76 valence electrons. The number of rotatable bonds is 1. The molecule has 0 aliphatic heterocycles. The van der Waals surface area contributed by atoms with E-state index in [1.165, 1.54) is 6.07 Å². The number of para-hydroxylation sites is 1. The Morgan fingerprint density at radius 3 is 2.67 bits per heavy atom. The molecule has 1 amide bonds. The van der Waals surface area contributed by atoms with E-state index in [-0.39, 0.29) is 5.76 Å². The Bertz CT molecular complexity index is 613. The zero-order valence-corrected chi connectivity index (χ0v) is 8.19. The van der Waals surface area contributed by atoms with E-state index in [4.69, 9.17) is 4.42 Å². The maximum atomic E-state index is 11.2. The highest BCUT2D eigenvalue weighted by Gasteiger charge is 2.11. The second-order valence-corrected chi connectivity index (χ2v) is 3.38. The lowest BCUT2D eigenvalue weighted by Gasteiger charge is -1.83. The van der Waals surface area contributed by atoms with E-state index in [1.807, 2.05) is 0 Å². The van der Waals surface area contributed by atoms with Gasteiger partial charge >= 0.3 is 16.4 Å². The minimum absolute atomic E-state index is 0.0830. The molecular weight excluding hydrogens is 218 g/mol. The Hall–Kier alpha value is -1.95. The van der Waals surface area contributed by atoms with Crippen molar-refractivity contribution < 1.29 is 17.6 Å². The average Bonchev–Trinajstić information content (AvgIpc) is 2.59. The summed E-state index contributed by atoms with van der Waals surface area (Å²) in [5, 5.41) is 0.729. The molecule has 15 heavy (non-hydrogen) atoms. The summed E-state index contributed by atoms with van der Waals surface area (Å²) in [6, 6.07) is 8.43. The van der Waals surface area contributed by atoms with Gasteiger partial charge in [-0.1, -0.05) is 22.6 Å². The van der Waals surface area contributed by atoms with Crippen molar-refractivity contribution in [2.75, 3.05) is 0 Å². The fraction of sp³-hybridized carbons (Fsp3) is 0. The molecule has 0 aliphatic carbocycles. The molecule has 0 radical (unpaired) electrons. The standard InChI is InChI=1S/C9H5NO4S/c11-9(10-15(12)13)8-5-6-3-1-2-4-7(6)14-8/h1-5H. The monoisotopic (exact) mass is 223 g/mol. The van der Waals surface area contributed by atoms with Gasteiger partial charge in [0, 0.05) is 5.39 Å². The van der Waals surface area contributed by atoms with E-state index in [0.29, 0.717) is 5.58 Å². The number of nitrogens with zero attached hydrogens (tertiary/aromatic N) is 1. The molecule has 5 nitrogen and oxygen atoms in total. The summed E-state index contributed by atoms with van der Waals surface area (Å²) < 4.78 is 28.3. The first-order valence-electron chi connectivity index (χ1n) is 4.01. The Morgan fingerprint density at radius 2 is 2.00 bits per heavy atom. The fourth-order valence-corrected chi connectivity index (χ4v) is 1.43. The SMILES string of the molecule is O=C(N=S(=O)=O)c1cc2ccccc2o1. The molecular formula is C9H5NO4S. The largest absolute Gasteiger partial charge is 0.451 e. The Kier molecular flexibility index (Phi) is 2.34. The van der Waals surface area contributed by atoms with Crippen molar-refractivity contribution in [3.63, 3.8) is 0 Å². The van der Waals surface area contributed by atoms with Crippen LogP contribution < -0.4 is 0 Å². The van der Waals surface area contributed by atoms with Crippen LogP contribution in [0.3, 0.4) is 0 Å². The van der Waals surface area contributed by atoms with E-state index in [0.717, 1.165) is 5.39 Å². The minimum Gasteiger partial charge on any atom is -0.451 e. The Morgan fingerprint density at radius 1 is 1.27 bits per heavy atom. The quantitative estimate of drug-likeness (QED) is 0.736. The van der Waals surface area contributed by atoms with Gasteiger partial charge in [0.2, 0.25) is 0 Å². The van der Waals surface area contributed by atoms with Crippen LogP contribution in [0.4, 0.5) is 0 Å². The molecule has 0 spiro atoms. The van der Waals surface area contributed by atoms with Crippen LogP contribution in [0, 0.1) is 0 Å². The van der Waals surface area contributed by atoms with Gasteiger partial charge in [-0.05, 0) is 12.1 Å². The van der Waals surface area contributed by atoms with Crippen molar-refractivity contribution in [1.82, 2.24) is 0 Å². The van der Waals surface area contributed by atoms with Gasteiger partial charge in [0.25, 0.3) is 0 Å². The van der Waals surface area contributed by atoms with Crippen LogP contribution in [0.1, 0.15) is 10.6 Å². The van der Waals surface area contributed by atoms with Gasteiger partial charge < -0.3 is 4.42 Å². The first-order valence-corrected chi connectivity index (χ1v) is 5.04. The lowest BCUT2D eigenvalue weighted by atomic mass is 10.2. The number of benzene rings is 1. The van der Waals surface area contributed by atoms with Crippen molar-refractivity contribution >= 4 is 27.4 Å². The third-order valence-electron chi connectivity index (χ3n) is 1.79. The van der Waals surface area contributed by atoms with Crippen LogP contribution in [0.15, 0.2) is 39.1 Å². The van der Waals surface area contributed by atoms with Gasteiger partial charge in [0.15, 0.2) is 5.76 Å². The molecule has 0 saturated carbocycles. The lowest BCUT2D eigenvalue weighted by Crippen LogP contribution is -1.90. The van der Waals surface area contributed by atoms with E-state index >= 15 is 0 Å². The molecule has 1 heterocycles.